The van der Waals surface area contributed by atoms with Crippen molar-refractivity contribution in [3.8, 4) is 5.75 Å². The van der Waals surface area contributed by atoms with Gasteiger partial charge in [-0.25, -0.2) is 8.42 Å². The molecule has 7 heteroatoms. The second-order valence-electron chi connectivity index (χ2n) is 6.16. The van der Waals surface area contributed by atoms with E-state index < -0.39 is 9.84 Å². The van der Waals surface area contributed by atoms with Gasteiger partial charge in [0.25, 0.3) is 0 Å². The molecule has 0 aliphatic rings. The fourth-order valence-electron chi connectivity index (χ4n) is 2.46. The summed E-state index contributed by atoms with van der Waals surface area (Å²) >= 11 is 1.45. The second kappa shape index (κ2) is 10.4. The molecule has 1 amide bonds. The van der Waals surface area contributed by atoms with Crippen LogP contribution in [0.25, 0.3) is 0 Å². The van der Waals surface area contributed by atoms with Crippen LogP contribution >= 0.6 is 11.8 Å². The monoisotopic (exact) mass is 407 g/mol. The second-order valence-corrected chi connectivity index (χ2v) is 9.76. The van der Waals surface area contributed by atoms with E-state index in [4.69, 9.17) is 4.74 Å². The Bertz CT molecular complexity index is 821. The number of amides is 1. The lowest BCUT2D eigenvalue weighted by Crippen LogP contribution is -2.32. The molecule has 0 saturated heterocycles. The number of hydrogen-bond donors (Lipinski definition) is 1. The number of thioether (sulfide) groups is 1. The van der Waals surface area contributed by atoms with Gasteiger partial charge in [0.1, 0.15) is 5.75 Å². The number of carbonyl (C=O) groups is 1. The van der Waals surface area contributed by atoms with Crippen molar-refractivity contribution in [3.05, 3.63) is 60.2 Å². The number of ether oxygens (including phenoxy) is 1. The molecule has 0 aliphatic heterocycles. The largest absolute Gasteiger partial charge is 0.497 e. The molecule has 0 fully saturated rings. The summed E-state index contributed by atoms with van der Waals surface area (Å²) in [4.78, 5) is 13.2. The normalized spacial score (nSPS) is 12.4. The minimum absolute atomic E-state index is 0.0332. The topological polar surface area (TPSA) is 72.5 Å². The summed E-state index contributed by atoms with van der Waals surface area (Å²) in [5.41, 5.74) is 0.783. The molecular weight excluding hydrogens is 382 g/mol. The van der Waals surface area contributed by atoms with Crippen LogP contribution in [-0.4, -0.2) is 39.0 Å². The lowest BCUT2D eigenvalue weighted by molar-refractivity contribution is -0.120. The third-order valence-corrected chi connectivity index (χ3v) is 6.70. The third kappa shape index (κ3) is 7.64. The van der Waals surface area contributed by atoms with E-state index in [2.05, 4.69) is 5.32 Å². The molecule has 0 radical (unpaired) electrons. The first-order chi connectivity index (χ1) is 12.9. The summed E-state index contributed by atoms with van der Waals surface area (Å²) in [5.74, 6) is 0.762. The van der Waals surface area contributed by atoms with Gasteiger partial charge in [0.05, 0.1) is 23.9 Å². The van der Waals surface area contributed by atoms with E-state index >= 15 is 0 Å². The minimum Gasteiger partial charge on any atom is -0.497 e. The number of benzene rings is 2. The van der Waals surface area contributed by atoms with Crippen molar-refractivity contribution in [1.29, 1.82) is 0 Å². The van der Waals surface area contributed by atoms with Gasteiger partial charge in [-0.05, 0) is 43.2 Å². The van der Waals surface area contributed by atoms with Crippen molar-refractivity contribution in [2.24, 2.45) is 0 Å². The number of hydrogen-bond acceptors (Lipinski definition) is 5. The first-order valence-corrected chi connectivity index (χ1v) is 11.4. The number of carbonyl (C=O) groups excluding carboxylic acids is 1. The lowest BCUT2D eigenvalue weighted by Gasteiger charge is -2.12. The molecule has 0 heterocycles. The van der Waals surface area contributed by atoms with Crippen molar-refractivity contribution in [2.75, 3.05) is 19.4 Å². The quantitative estimate of drug-likeness (QED) is 0.483. The van der Waals surface area contributed by atoms with Gasteiger partial charge < -0.3 is 10.1 Å². The fourth-order valence-corrected chi connectivity index (χ4v) is 4.78. The van der Waals surface area contributed by atoms with Crippen molar-refractivity contribution in [2.45, 2.75) is 29.2 Å². The molecule has 1 atom stereocenters. The molecule has 1 unspecified atom stereocenters. The Morgan fingerprint density at radius 2 is 1.78 bits per heavy atom. The Labute approximate surface area is 165 Å². The van der Waals surface area contributed by atoms with Crippen LogP contribution in [0.1, 0.15) is 18.9 Å². The highest BCUT2D eigenvalue weighted by Crippen LogP contribution is 2.25. The van der Waals surface area contributed by atoms with Crippen LogP contribution in [0, 0.1) is 0 Å². The minimum atomic E-state index is -3.18. The van der Waals surface area contributed by atoms with Gasteiger partial charge in [0.2, 0.25) is 5.91 Å². The highest BCUT2D eigenvalue weighted by atomic mass is 32.2. The Hall–Kier alpha value is -1.99. The van der Waals surface area contributed by atoms with E-state index in [9.17, 15) is 13.2 Å². The van der Waals surface area contributed by atoms with Gasteiger partial charge in [-0.15, -0.1) is 11.8 Å². The first-order valence-electron chi connectivity index (χ1n) is 8.72. The van der Waals surface area contributed by atoms with Crippen LogP contribution in [0.3, 0.4) is 0 Å². The van der Waals surface area contributed by atoms with E-state index in [-0.39, 0.29) is 22.7 Å². The molecule has 0 aliphatic carbocycles. The highest BCUT2D eigenvalue weighted by molar-refractivity contribution is 8.00. The molecule has 2 aromatic rings. The predicted octanol–water partition coefficient (Wildman–Crippen LogP) is 3.30. The maximum Gasteiger partial charge on any atom is 0.233 e. The van der Waals surface area contributed by atoms with Gasteiger partial charge in [-0.3, -0.25) is 4.79 Å². The fraction of sp³-hybridized carbons (Fsp3) is 0.350. The Morgan fingerprint density at radius 3 is 2.41 bits per heavy atom. The molecule has 0 saturated carbocycles. The summed E-state index contributed by atoms with van der Waals surface area (Å²) in [7, 11) is -1.57. The van der Waals surface area contributed by atoms with E-state index in [1.54, 1.807) is 19.2 Å². The SMILES string of the molecule is COc1ccc(SC(C)C(=O)NCCCS(=O)(=O)Cc2ccccc2)cc1. The highest BCUT2D eigenvalue weighted by Gasteiger charge is 2.15. The van der Waals surface area contributed by atoms with Crippen LogP contribution in [0.5, 0.6) is 5.75 Å². The summed E-state index contributed by atoms with van der Waals surface area (Å²) in [5, 5.41) is 2.55. The molecule has 146 valence electrons. The molecular formula is C20H25NO4S2. The van der Waals surface area contributed by atoms with Crippen molar-refractivity contribution < 1.29 is 17.9 Å². The Kier molecular flexibility index (Phi) is 8.19. The zero-order valence-electron chi connectivity index (χ0n) is 15.6. The molecule has 2 aromatic carbocycles. The van der Waals surface area contributed by atoms with E-state index in [1.807, 2.05) is 49.4 Å². The van der Waals surface area contributed by atoms with Gasteiger partial charge in [0, 0.05) is 11.4 Å². The maximum absolute atomic E-state index is 12.2. The predicted molar refractivity (Wildman–Crippen MR) is 110 cm³/mol. The molecule has 1 N–H and O–H groups in total. The molecule has 0 aromatic heterocycles. The molecule has 0 bridgehead atoms. The van der Waals surface area contributed by atoms with Gasteiger partial charge >= 0.3 is 0 Å². The van der Waals surface area contributed by atoms with Gasteiger partial charge in [-0.2, -0.15) is 0 Å². The van der Waals surface area contributed by atoms with Crippen LogP contribution < -0.4 is 10.1 Å². The molecule has 27 heavy (non-hydrogen) atoms. The Balaban J connectivity index is 1.71. The number of sulfone groups is 1. The van der Waals surface area contributed by atoms with Crippen LogP contribution in [0.4, 0.5) is 0 Å². The average molecular weight is 408 g/mol. The maximum atomic E-state index is 12.2. The smallest absolute Gasteiger partial charge is 0.233 e. The summed E-state index contributed by atoms with van der Waals surface area (Å²) < 4.78 is 29.4. The van der Waals surface area contributed by atoms with Crippen molar-refractivity contribution >= 4 is 27.5 Å². The van der Waals surface area contributed by atoms with Crippen molar-refractivity contribution in [1.82, 2.24) is 5.32 Å². The van der Waals surface area contributed by atoms with Crippen LogP contribution in [0.15, 0.2) is 59.5 Å². The van der Waals surface area contributed by atoms with E-state index in [0.29, 0.717) is 13.0 Å². The Morgan fingerprint density at radius 1 is 1.11 bits per heavy atom. The number of rotatable bonds is 10. The van der Waals surface area contributed by atoms with E-state index in [0.717, 1.165) is 16.2 Å². The zero-order valence-corrected chi connectivity index (χ0v) is 17.2. The molecule has 0 spiro atoms. The third-order valence-electron chi connectivity index (χ3n) is 3.90. The molecule has 5 nitrogen and oxygen atoms in total. The van der Waals surface area contributed by atoms with Gasteiger partial charge in [-0.1, -0.05) is 30.3 Å². The lowest BCUT2D eigenvalue weighted by atomic mass is 10.2. The van der Waals surface area contributed by atoms with Crippen LogP contribution in [0.2, 0.25) is 0 Å². The van der Waals surface area contributed by atoms with E-state index in [1.165, 1.54) is 11.8 Å². The standard InChI is InChI=1S/C20H25NO4S2/c1-16(26-19-11-9-18(25-2)10-12-19)20(22)21-13-6-14-27(23,24)15-17-7-4-3-5-8-17/h3-5,7-12,16H,6,13-15H2,1-2H3,(H,21,22). The number of nitrogens with one attached hydrogen (secondary N) is 1. The summed E-state index contributed by atoms with van der Waals surface area (Å²) in [6, 6.07) is 16.6. The average Bonchev–Trinajstić information content (AvgIpc) is 2.66. The van der Waals surface area contributed by atoms with Crippen molar-refractivity contribution in [3.63, 3.8) is 0 Å². The number of methoxy groups -OCH3 is 1. The molecule has 2 rings (SSSR count). The first kappa shape index (κ1) is 21.3. The summed E-state index contributed by atoms with van der Waals surface area (Å²) in [6.45, 7) is 2.18. The zero-order chi connectivity index (χ0) is 19.7. The summed E-state index contributed by atoms with van der Waals surface area (Å²) in [6.07, 6.45) is 0.404. The van der Waals surface area contributed by atoms with Gasteiger partial charge in [0.15, 0.2) is 9.84 Å². The van der Waals surface area contributed by atoms with Crippen LogP contribution in [-0.2, 0) is 20.4 Å².